The Morgan fingerprint density at radius 3 is 3.12 bits per heavy atom. The molecule has 1 fully saturated rings. The van der Waals surface area contributed by atoms with Crippen LogP contribution in [0.5, 0.6) is 5.75 Å². The summed E-state index contributed by atoms with van der Waals surface area (Å²) in [6, 6.07) is 8.70. The molecule has 0 bridgehead atoms. The van der Waals surface area contributed by atoms with Crippen molar-refractivity contribution in [2.24, 2.45) is 0 Å². The lowest BCUT2D eigenvalue weighted by Crippen LogP contribution is -2.25. The zero-order valence-corrected chi connectivity index (χ0v) is 10.5. The molecular weight excluding hydrogens is 210 g/mol. The summed E-state index contributed by atoms with van der Waals surface area (Å²) in [6.45, 7) is 1.15. The Labute approximate surface area is 104 Å². The maximum absolute atomic E-state index is 5.22. The van der Waals surface area contributed by atoms with Crippen molar-refractivity contribution in [3.8, 4) is 5.75 Å². The number of hydrogen-bond donors (Lipinski definition) is 1. The monoisotopic (exact) mass is 231 g/mol. The van der Waals surface area contributed by atoms with Gasteiger partial charge in [0.2, 0.25) is 0 Å². The van der Waals surface area contributed by atoms with Crippen LogP contribution in [0.15, 0.2) is 30.3 Å². The molecule has 2 heteroatoms. The second-order valence-corrected chi connectivity index (χ2v) is 4.55. The molecule has 0 radical (unpaired) electrons. The van der Waals surface area contributed by atoms with Crippen LogP contribution in [-0.2, 0) is 0 Å². The lowest BCUT2D eigenvalue weighted by molar-refractivity contribution is 0.414. The molecule has 2 nitrogen and oxygen atoms in total. The zero-order chi connectivity index (χ0) is 11.9. The van der Waals surface area contributed by atoms with Crippen LogP contribution in [0.1, 0.15) is 31.2 Å². The van der Waals surface area contributed by atoms with E-state index in [1.165, 1.54) is 31.2 Å². The van der Waals surface area contributed by atoms with Crippen molar-refractivity contribution in [3.63, 3.8) is 0 Å². The summed E-state index contributed by atoms with van der Waals surface area (Å²) in [5.41, 5.74) is 1.20. The minimum atomic E-state index is 0.531. The molecule has 0 spiro atoms. The fourth-order valence-electron chi connectivity index (χ4n) is 2.19. The first kappa shape index (κ1) is 12.2. The average molecular weight is 231 g/mol. The van der Waals surface area contributed by atoms with Crippen molar-refractivity contribution in [2.45, 2.75) is 31.7 Å². The minimum Gasteiger partial charge on any atom is -0.497 e. The summed E-state index contributed by atoms with van der Waals surface area (Å²) in [5, 5.41) is 3.56. The number of methoxy groups -OCH3 is 1. The van der Waals surface area contributed by atoms with Crippen LogP contribution in [0.4, 0.5) is 0 Å². The molecule has 2 rings (SSSR count). The van der Waals surface area contributed by atoms with E-state index in [1.807, 2.05) is 12.1 Å². The normalized spacial score (nSPS) is 21.4. The van der Waals surface area contributed by atoms with Gasteiger partial charge in [0.15, 0.2) is 0 Å². The quantitative estimate of drug-likeness (QED) is 0.862. The van der Waals surface area contributed by atoms with Gasteiger partial charge in [-0.2, -0.15) is 0 Å². The number of benzene rings is 1. The number of rotatable bonds is 3. The third kappa shape index (κ3) is 3.90. The SMILES string of the molecule is COc1cccc(C=CC2CCCCCN2)c1. The Morgan fingerprint density at radius 1 is 1.29 bits per heavy atom. The Kier molecular flexibility index (Phi) is 4.63. The van der Waals surface area contributed by atoms with Gasteiger partial charge >= 0.3 is 0 Å². The fourth-order valence-corrected chi connectivity index (χ4v) is 2.19. The van der Waals surface area contributed by atoms with Crippen LogP contribution in [0.3, 0.4) is 0 Å². The first-order chi connectivity index (χ1) is 8.38. The number of ether oxygens (including phenoxy) is 1. The molecule has 1 atom stereocenters. The van der Waals surface area contributed by atoms with Gasteiger partial charge in [-0.05, 0) is 37.1 Å². The summed E-state index contributed by atoms with van der Waals surface area (Å²) in [4.78, 5) is 0. The summed E-state index contributed by atoms with van der Waals surface area (Å²) < 4.78 is 5.22. The van der Waals surface area contributed by atoms with E-state index in [2.05, 4.69) is 29.6 Å². The number of hydrogen-bond acceptors (Lipinski definition) is 2. The Hall–Kier alpha value is -1.28. The van der Waals surface area contributed by atoms with Crippen molar-refractivity contribution in [1.82, 2.24) is 5.32 Å². The molecule has 0 aliphatic carbocycles. The highest BCUT2D eigenvalue weighted by Gasteiger charge is 2.07. The molecule has 1 aromatic carbocycles. The van der Waals surface area contributed by atoms with Crippen molar-refractivity contribution < 1.29 is 4.74 Å². The zero-order valence-electron chi connectivity index (χ0n) is 10.5. The van der Waals surface area contributed by atoms with Crippen LogP contribution in [0.25, 0.3) is 6.08 Å². The molecule has 0 saturated carbocycles. The van der Waals surface area contributed by atoms with E-state index in [9.17, 15) is 0 Å². The molecule has 0 aromatic heterocycles. The smallest absolute Gasteiger partial charge is 0.119 e. The molecule has 1 N–H and O–H groups in total. The highest BCUT2D eigenvalue weighted by atomic mass is 16.5. The Bertz CT molecular complexity index is 365. The molecule has 17 heavy (non-hydrogen) atoms. The minimum absolute atomic E-state index is 0.531. The molecule has 1 heterocycles. The maximum atomic E-state index is 5.22. The Balaban J connectivity index is 1.98. The van der Waals surface area contributed by atoms with Gasteiger partial charge in [-0.15, -0.1) is 0 Å². The van der Waals surface area contributed by atoms with Crippen LogP contribution < -0.4 is 10.1 Å². The lowest BCUT2D eigenvalue weighted by Gasteiger charge is -2.10. The lowest BCUT2D eigenvalue weighted by atomic mass is 10.1. The van der Waals surface area contributed by atoms with Crippen LogP contribution in [0, 0.1) is 0 Å². The summed E-state index contributed by atoms with van der Waals surface area (Å²) in [7, 11) is 1.70. The topological polar surface area (TPSA) is 21.3 Å². The predicted molar refractivity (Wildman–Crippen MR) is 72.3 cm³/mol. The van der Waals surface area contributed by atoms with Gasteiger partial charge in [-0.3, -0.25) is 0 Å². The summed E-state index contributed by atoms with van der Waals surface area (Å²) >= 11 is 0. The van der Waals surface area contributed by atoms with E-state index in [0.717, 1.165) is 12.3 Å². The van der Waals surface area contributed by atoms with Crippen LogP contribution in [-0.4, -0.2) is 19.7 Å². The van der Waals surface area contributed by atoms with Gasteiger partial charge in [0.05, 0.1) is 7.11 Å². The molecule has 1 aromatic rings. The highest BCUT2D eigenvalue weighted by Crippen LogP contribution is 2.15. The van der Waals surface area contributed by atoms with E-state index >= 15 is 0 Å². The first-order valence-electron chi connectivity index (χ1n) is 6.44. The van der Waals surface area contributed by atoms with E-state index in [1.54, 1.807) is 7.11 Å². The molecule has 1 aliphatic heterocycles. The van der Waals surface area contributed by atoms with E-state index in [0.29, 0.717) is 6.04 Å². The van der Waals surface area contributed by atoms with E-state index in [-0.39, 0.29) is 0 Å². The summed E-state index contributed by atoms with van der Waals surface area (Å²) in [6.07, 6.45) is 9.71. The van der Waals surface area contributed by atoms with Crippen molar-refractivity contribution in [1.29, 1.82) is 0 Å². The largest absolute Gasteiger partial charge is 0.497 e. The first-order valence-corrected chi connectivity index (χ1v) is 6.44. The van der Waals surface area contributed by atoms with Gasteiger partial charge in [-0.25, -0.2) is 0 Å². The third-order valence-corrected chi connectivity index (χ3v) is 3.21. The van der Waals surface area contributed by atoms with Gasteiger partial charge in [0, 0.05) is 6.04 Å². The third-order valence-electron chi connectivity index (χ3n) is 3.21. The highest BCUT2D eigenvalue weighted by molar-refractivity contribution is 5.52. The van der Waals surface area contributed by atoms with Gasteiger partial charge in [0.25, 0.3) is 0 Å². The molecule has 0 amide bonds. The number of nitrogens with one attached hydrogen (secondary N) is 1. The fraction of sp³-hybridized carbons (Fsp3) is 0.467. The molecule has 1 aliphatic rings. The molecule has 1 unspecified atom stereocenters. The summed E-state index contributed by atoms with van der Waals surface area (Å²) in [5.74, 6) is 0.918. The molecular formula is C15H21NO. The predicted octanol–water partition coefficient (Wildman–Crippen LogP) is 3.24. The van der Waals surface area contributed by atoms with Crippen molar-refractivity contribution in [2.75, 3.05) is 13.7 Å². The van der Waals surface area contributed by atoms with Crippen molar-refractivity contribution >= 4 is 6.08 Å². The maximum Gasteiger partial charge on any atom is 0.119 e. The standard InChI is InChI=1S/C15H21NO/c1-17-15-8-5-6-13(12-15)9-10-14-7-3-2-4-11-16-14/h5-6,8-10,12,14,16H,2-4,7,11H2,1H3. The Morgan fingerprint density at radius 2 is 2.24 bits per heavy atom. The van der Waals surface area contributed by atoms with Gasteiger partial charge in [-0.1, -0.05) is 37.1 Å². The molecule has 1 saturated heterocycles. The van der Waals surface area contributed by atoms with Gasteiger partial charge in [0.1, 0.15) is 5.75 Å². The second-order valence-electron chi connectivity index (χ2n) is 4.55. The van der Waals surface area contributed by atoms with Crippen LogP contribution in [0.2, 0.25) is 0 Å². The van der Waals surface area contributed by atoms with E-state index < -0.39 is 0 Å². The van der Waals surface area contributed by atoms with E-state index in [4.69, 9.17) is 4.74 Å². The molecule has 92 valence electrons. The van der Waals surface area contributed by atoms with Gasteiger partial charge < -0.3 is 10.1 Å². The van der Waals surface area contributed by atoms with Crippen LogP contribution >= 0.6 is 0 Å². The average Bonchev–Trinajstić information content (AvgIpc) is 2.65. The van der Waals surface area contributed by atoms with Crippen molar-refractivity contribution in [3.05, 3.63) is 35.9 Å². The second kappa shape index (κ2) is 6.45.